The van der Waals surface area contributed by atoms with Gasteiger partial charge in [0.25, 0.3) is 13.4 Å². The third kappa shape index (κ3) is 5.78. The number of hydrogen-bond donors (Lipinski definition) is 0. The molecule has 0 amide bonds. The Balaban J connectivity index is 1.06. The van der Waals surface area contributed by atoms with Crippen LogP contribution in [0.15, 0.2) is 223 Å². The SMILES string of the molecule is CC(C)(C)c1cc2c3c(c1)N(c1ccccc1-c1cccc4c1oc1ccccc14)c1cc4c(cc1B3c1ccccc1O2)B1c2ccccc2N(c2ccccc2)c2cccc(c21)N4c1ccccc1. The number of furan rings is 1. The van der Waals surface area contributed by atoms with Crippen molar-refractivity contribution in [3.05, 3.63) is 224 Å². The zero-order valence-corrected chi connectivity index (χ0v) is 39.6. The lowest BCUT2D eigenvalue weighted by Crippen LogP contribution is -2.64. The van der Waals surface area contributed by atoms with Crippen LogP contribution >= 0.6 is 0 Å². The summed E-state index contributed by atoms with van der Waals surface area (Å²) >= 11 is 0. The summed E-state index contributed by atoms with van der Waals surface area (Å²) in [6.45, 7) is 6.74. The van der Waals surface area contributed by atoms with Crippen LogP contribution in [0.3, 0.4) is 0 Å². The number of hydrogen-bond acceptors (Lipinski definition) is 5. The Labute approximate surface area is 414 Å². The smallest absolute Gasteiger partial charge is 0.256 e. The van der Waals surface area contributed by atoms with Crippen LogP contribution in [-0.4, -0.2) is 13.4 Å². The van der Waals surface area contributed by atoms with Gasteiger partial charge < -0.3 is 23.9 Å². The molecule has 11 aromatic rings. The van der Waals surface area contributed by atoms with Gasteiger partial charge in [-0.1, -0.05) is 160 Å². The molecule has 0 radical (unpaired) electrons. The van der Waals surface area contributed by atoms with Crippen LogP contribution in [0, 0.1) is 0 Å². The second-order valence-corrected chi connectivity index (χ2v) is 20.4. The van der Waals surface area contributed by atoms with E-state index in [0.29, 0.717) is 0 Å². The van der Waals surface area contributed by atoms with Crippen LogP contribution in [0.2, 0.25) is 0 Å². The van der Waals surface area contributed by atoms with E-state index < -0.39 is 0 Å². The highest BCUT2D eigenvalue weighted by molar-refractivity contribution is 7.02. The van der Waals surface area contributed by atoms with Crippen LogP contribution < -0.4 is 52.2 Å². The third-order valence-electron chi connectivity index (χ3n) is 15.4. The van der Waals surface area contributed by atoms with E-state index in [2.05, 4.69) is 254 Å². The Morgan fingerprint density at radius 3 is 1.69 bits per heavy atom. The fraction of sp³-hybridized carbons (Fsp3) is 0.0625. The summed E-state index contributed by atoms with van der Waals surface area (Å²) in [5.74, 6) is 1.80. The predicted octanol–water partition coefficient (Wildman–Crippen LogP) is 13.0. The molecular formula is C64H45B2N3O2. The molecule has 0 saturated heterocycles. The average Bonchev–Trinajstić information content (AvgIpc) is 3.80. The number of nitrogens with zero attached hydrogens (tertiary/aromatic N) is 3. The monoisotopic (exact) mass is 909 g/mol. The minimum absolute atomic E-state index is 0.0525. The molecule has 7 heteroatoms. The van der Waals surface area contributed by atoms with Gasteiger partial charge in [-0.05, 0) is 123 Å². The molecular weight excluding hydrogens is 864 g/mol. The Kier molecular flexibility index (Phi) is 8.45. The summed E-state index contributed by atoms with van der Waals surface area (Å²) in [7, 11) is 0. The first-order valence-electron chi connectivity index (χ1n) is 24.7. The number of anilines is 9. The number of benzene rings is 10. The van der Waals surface area contributed by atoms with Crippen molar-refractivity contribution < 1.29 is 9.15 Å². The second-order valence-electron chi connectivity index (χ2n) is 20.4. The maximum absolute atomic E-state index is 7.11. The second kappa shape index (κ2) is 14.9. The van der Waals surface area contributed by atoms with Crippen LogP contribution in [0.1, 0.15) is 26.3 Å². The Morgan fingerprint density at radius 2 is 0.930 bits per heavy atom. The summed E-state index contributed by atoms with van der Waals surface area (Å²) in [6.07, 6.45) is 0. The van der Waals surface area contributed by atoms with E-state index >= 15 is 0 Å². The number of ether oxygens (including phenoxy) is 1. The summed E-state index contributed by atoms with van der Waals surface area (Å²) < 4.78 is 13.9. The fourth-order valence-corrected chi connectivity index (χ4v) is 12.3. The van der Waals surface area contributed by atoms with Crippen molar-refractivity contribution in [2.24, 2.45) is 0 Å². The Morgan fingerprint density at radius 1 is 0.366 bits per heavy atom. The summed E-state index contributed by atoms with van der Waals surface area (Å²) in [6, 6.07) is 80.0. The van der Waals surface area contributed by atoms with E-state index in [9.17, 15) is 0 Å². The molecule has 1 aromatic heterocycles. The highest BCUT2D eigenvalue weighted by Crippen LogP contribution is 2.50. The molecule has 71 heavy (non-hydrogen) atoms. The molecule has 0 bridgehead atoms. The average molecular weight is 910 g/mol. The lowest BCUT2D eigenvalue weighted by Gasteiger charge is -2.46. The van der Waals surface area contributed by atoms with E-state index in [-0.39, 0.29) is 18.8 Å². The molecule has 0 atom stereocenters. The van der Waals surface area contributed by atoms with Crippen LogP contribution in [-0.2, 0) is 5.41 Å². The number of para-hydroxylation sites is 7. The molecule has 0 spiro atoms. The van der Waals surface area contributed by atoms with Crippen molar-refractivity contribution in [2.75, 3.05) is 14.7 Å². The van der Waals surface area contributed by atoms with Crippen molar-refractivity contribution in [1.29, 1.82) is 0 Å². The van der Waals surface area contributed by atoms with Gasteiger partial charge in [-0.25, -0.2) is 0 Å². The first kappa shape index (κ1) is 40.2. The van der Waals surface area contributed by atoms with E-state index in [1.807, 2.05) is 0 Å². The predicted molar refractivity (Wildman–Crippen MR) is 298 cm³/mol. The molecule has 10 aromatic carbocycles. The molecule has 15 rings (SSSR count). The van der Waals surface area contributed by atoms with E-state index in [1.54, 1.807) is 0 Å². The van der Waals surface area contributed by atoms with Gasteiger partial charge in [0, 0.05) is 67.4 Å². The largest absolute Gasteiger partial charge is 0.458 e. The van der Waals surface area contributed by atoms with E-state index in [0.717, 1.165) is 78.7 Å². The summed E-state index contributed by atoms with van der Waals surface area (Å²) in [4.78, 5) is 7.53. The van der Waals surface area contributed by atoms with Crippen LogP contribution in [0.4, 0.5) is 51.2 Å². The van der Waals surface area contributed by atoms with Gasteiger partial charge in [-0.15, -0.1) is 0 Å². The first-order chi connectivity index (χ1) is 34.9. The Hall–Kier alpha value is -8.67. The molecule has 334 valence electrons. The van der Waals surface area contributed by atoms with Crippen LogP contribution in [0.25, 0.3) is 33.1 Å². The zero-order chi connectivity index (χ0) is 47.1. The third-order valence-corrected chi connectivity index (χ3v) is 15.4. The maximum Gasteiger partial charge on any atom is 0.256 e. The molecule has 0 N–H and O–H groups in total. The van der Waals surface area contributed by atoms with Crippen molar-refractivity contribution in [1.82, 2.24) is 0 Å². The first-order valence-corrected chi connectivity index (χ1v) is 24.7. The van der Waals surface area contributed by atoms with Crippen LogP contribution in [0.5, 0.6) is 11.5 Å². The molecule has 0 unspecified atom stereocenters. The van der Waals surface area contributed by atoms with Gasteiger partial charge >= 0.3 is 0 Å². The highest BCUT2D eigenvalue weighted by Gasteiger charge is 2.48. The Bertz CT molecular complexity index is 4010. The van der Waals surface area contributed by atoms with Gasteiger partial charge in [0.15, 0.2) is 0 Å². The van der Waals surface area contributed by atoms with Crippen molar-refractivity contribution in [3.63, 3.8) is 0 Å². The summed E-state index contributed by atoms with van der Waals surface area (Å²) in [5, 5.41) is 2.22. The highest BCUT2D eigenvalue weighted by atomic mass is 16.5. The summed E-state index contributed by atoms with van der Waals surface area (Å²) in [5.41, 5.74) is 22.7. The van der Waals surface area contributed by atoms with Crippen molar-refractivity contribution in [2.45, 2.75) is 26.2 Å². The van der Waals surface area contributed by atoms with E-state index in [1.165, 1.54) is 55.4 Å². The normalized spacial score (nSPS) is 13.8. The molecule has 0 fully saturated rings. The molecule has 0 aliphatic carbocycles. The zero-order valence-electron chi connectivity index (χ0n) is 39.6. The lowest BCUT2D eigenvalue weighted by atomic mass is 9.30. The fourth-order valence-electron chi connectivity index (χ4n) is 12.3. The molecule has 4 aliphatic heterocycles. The minimum Gasteiger partial charge on any atom is -0.458 e. The number of rotatable bonds is 4. The number of fused-ring (bicyclic) bond motifs is 11. The lowest BCUT2D eigenvalue weighted by molar-refractivity contribution is 0.483. The maximum atomic E-state index is 7.11. The molecule has 0 saturated carbocycles. The van der Waals surface area contributed by atoms with Crippen molar-refractivity contribution in [3.8, 4) is 22.6 Å². The van der Waals surface area contributed by atoms with Gasteiger partial charge in [-0.3, -0.25) is 0 Å². The quantitative estimate of drug-likeness (QED) is 0.164. The van der Waals surface area contributed by atoms with Gasteiger partial charge in [0.05, 0.1) is 5.69 Å². The molecule has 4 aliphatic rings. The topological polar surface area (TPSA) is 32.1 Å². The van der Waals surface area contributed by atoms with Gasteiger partial charge in [0.2, 0.25) is 0 Å². The standard InChI is InChI=1S/C64H45B2N3O2/c1-64(2,3)40-36-57-62-60(37-40)70-59-35-17-13-29-48(59)66(62)50-38-49-55(39-56(50)69(57)51-30-14-10-24-43(51)45-26-18-27-46-44-25-11-16-34-58(44)71-63(45)46)68(42-22-8-5-9-23-42)54-33-19-32-53-61(54)65(49)47-28-12-15-31-52(47)67(53)41-20-6-4-7-21-41/h4-39H,1-3H3. The van der Waals surface area contributed by atoms with Crippen molar-refractivity contribution >= 4 is 119 Å². The minimum atomic E-state index is -0.171. The van der Waals surface area contributed by atoms with E-state index in [4.69, 9.17) is 9.15 Å². The molecule has 5 heterocycles. The molecule has 5 nitrogen and oxygen atoms in total. The van der Waals surface area contributed by atoms with Gasteiger partial charge in [-0.2, -0.15) is 0 Å². The van der Waals surface area contributed by atoms with Gasteiger partial charge in [0.1, 0.15) is 22.7 Å².